The Kier molecular flexibility index (Phi) is 3.43. The summed E-state index contributed by atoms with van der Waals surface area (Å²) in [6, 6.07) is 1.97. The Balaban J connectivity index is 2.07. The fourth-order valence-electron chi connectivity index (χ4n) is 2.75. The Labute approximate surface area is 120 Å². The number of anilines is 1. The molecule has 0 spiro atoms. The van der Waals surface area contributed by atoms with Crippen LogP contribution in [0.3, 0.4) is 0 Å². The van der Waals surface area contributed by atoms with E-state index in [0.29, 0.717) is 16.7 Å². The summed E-state index contributed by atoms with van der Waals surface area (Å²) in [5.74, 6) is 0.751. The molecule has 0 atom stereocenters. The number of hydrogen-bond acceptors (Lipinski definition) is 5. The van der Waals surface area contributed by atoms with Gasteiger partial charge in [-0.2, -0.15) is 19.6 Å². The largest absolute Gasteiger partial charge is 0.368 e. The summed E-state index contributed by atoms with van der Waals surface area (Å²) in [5, 5.41) is 4.48. The average molecular weight is 295 g/mol. The first kappa shape index (κ1) is 13.1. The molecule has 1 aliphatic rings. The third-order valence-corrected chi connectivity index (χ3v) is 3.78. The molecule has 2 heterocycles. The second kappa shape index (κ2) is 5.24. The molecule has 106 valence electrons. The third-order valence-electron chi connectivity index (χ3n) is 3.59. The number of carbonyl (C=O) groups excluding carboxylic acids is 1. The van der Waals surface area contributed by atoms with Crippen molar-refractivity contribution in [2.45, 2.75) is 31.7 Å². The van der Waals surface area contributed by atoms with Gasteiger partial charge in [0.15, 0.2) is 0 Å². The second-order valence-electron chi connectivity index (χ2n) is 4.94. The number of hydrogen-bond donors (Lipinski definition) is 1. The highest BCUT2D eigenvalue weighted by Gasteiger charge is 2.26. The van der Waals surface area contributed by atoms with E-state index in [1.807, 2.05) is 4.90 Å². The summed E-state index contributed by atoms with van der Waals surface area (Å²) in [7, 11) is 0. The molecule has 1 aliphatic carbocycles. The molecule has 7 nitrogen and oxygen atoms in total. The van der Waals surface area contributed by atoms with Gasteiger partial charge in [0.2, 0.25) is 5.91 Å². The summed E-state index contributed by atoms with van der Waals surface area (Å²) in [6.45, 7) is 0.139. The zero-order valence-electron chi connectivity index (χ0n) is 10.9. The lowest BCUT2D eigenvalue weighted by Crippen LogP contribution is -2.41. The number of nitrogens with zero attached hydrogens (tertiary/aromatic N) is 5. The second-order valence-corrected chi connectivity index (χ2v) is 5.33. The van der Waals surface area contributed by atoms with E-state index in [1.165, 1.54) is 6.33 Å². The molecular weight excluding hydrogens is 280 g/mol. The molecule has 0 aliphatic heterocycles. The van der Waals surface area contributed by atoms with E-state index in [2.05, 4.69) is 15.1 Å². The Morgan fingerprint density at radius 3 is 2.95 bits per heavy atom. The summed E-state index contributed by atoms with van der Waals surface area (Å²) in [6.07, 6.45) is 5.78. The molecular formula is C12H15ClN6O. The van der Waals surface area contributed by atoms with Gasteiger partial charge in [-0.25, -0.2) is 0 Å². The van der Waals surface area contributed by atoms with Crippen LogP contribution >= 0.6 is 11.6 Å². The first-order valence-electron chi connectivity index (χ1n) is 6.56. The fourth-order valence-corrected chi connectivity index (χ4v) is 2.93. The van der Waals surface area contributed by atoms with Crippen LogP contribution in [0.2, 0.25) is 5.15 Å². The minimum atomic E-state index is -0.377. The van der Waals surface area contributed by atoms with Gasteiger partial charge >= 0.3 is 0 Å². The monoisotopic (exact) mass is 294 g/mol. The van der Waals surface area contributed by atoms with Gasteiger partial charge in [-0.15, -0.1) is 0 Å². The number of fused-ring (bicyclic) bond motifs is 1. The van der Waals surface area contributed by atoms with Crippen LogP contribution in [-0.2, 0) is 4.79 Å². The smallest absolute Gasteiger partial charge is 0.255 e. The Bertz CT molecular complexity index is 636. The van der Waals surface area contributed by atoms with Crippen LogP contribution < -0.4 is 10.6 Å². The highest BCUT2D eigenvalue weighted by Crippen LogP contribution is 2.29. The lowest BCUT2D eigenvalue weighted by atomic mass is 10.2. The summed E-state index contributed by atoms with van der Waals surface area (Å²) < 4.78 is 1.59. The number of halogens is 1. The predicted octanol–water partition coefficient (Wildman–Crippen LogP) is 1.01. The summed E-state index contributed by atoms with van der Waals surface area (Å²) >= 11 is 6.03. The van der Waals surface area contributed by atoms with Gasteiger partial charge in [0.25, 0.3) is 5.78 Å². The van der Waals surface area contributed by atoms with Crippen LogP contribution in [0.4, 0.5) is 5.82 Å². The molecule has 1 fully saturated rings. The van der Waals surface area contributed by atoms with E-state index in [1.54, 1.807) is 10.6 Å². The molecule has 3 rings (SSSR count). The van der Waals surface area contributed by atoms with E-state index in [9.17, 15) is 4.79 Å². The van der Waals surface area contributed by atoms with Crippen LogP contribution in [0.25, 0.3) is 5.78 Å². The van der Waals surface area contributed by atoms with Crippen LogP contribution in [0.1, 0.15) is 25.7 Å². The zero-order chi connectivity index (χ0) is 14.1. The lowest BCUT2D eigenvalue weighted by Gasteiger charge is -2.29. The Hall–Kier alpha value is -1.89. The molecule has 0 bridgehead atoms. The van der Waals surface area contributed by atoms with E-state index in [-0.39, 0.29) is 18.5 Å². The first-order chi connectivity index (χ1) is 9.65. The van der Waals surface area contributed by atoms with Crippen molar-refractivity contribution in [2.75, 3.05) is 11.4 Å². The van der Waals surface area contributed by atoms with E-state index in [4.69, 9.17) is 17.3 Å². The maximum absolute atomic E-state index is 11.4. The first-order valence-corrected chi connectivity index (χ1v) is 6.94. The van der Waals surface area contributed by atoms with Gasteiger partial charge in [-0.3, -0.25) is 4.79 Å². The maximum atomic E-state index is 11.4. The molecule has 0 unspecified atom stereocenters. The Morgan fingerprint density at radius 1 is 1.50 bits per heavy atom. The summed E-state index contributed by atoms with van der Waals surface area (Å²) in [4.78, 5) is 21.5. The van der Waals surface area contributed by atoms with Crippen LogP contribution in [0, 0.1) is 0 Å². The number of nitrogens with two attached hydrogens (primary N) is 1. The van der Waals surface area contributed by atoms with Gasteiger partial charge in [-0.05, 0) is 12.8 Å². The van der Waals surface area contributed by atoms with Gasteiger partial charge in [-0.1, -0.05) is 24.4 Å². The van der Waals surface area contributed by atoms with Crippen LogP contribution in [-0.4, -0.2) is 38.1 Å². The van der Waals surface area contributed by atoms with Crippen LogP contribution in [0.15, 0.2) is 12.4 Å². The van der Waals surface area contributed by atoms with Crippen molar-refractivity contribution in [2.24, 2.45) is 5.73 Å². The molecule has 0 saturated heterocycles. The quantitative estimate of drug-likeness (QED) is 0.850. The highest BCUT2D eigenvalue weighted by molar-refractivity contribution is 6.29. The number of amides is 1. The number of carbonyl (C=O) groups is 1. The van der Waals surface area contributed by atoms with Crippen molar-refractivity contribution in [3.8, 4) is 0 Å². The van der Waals surface area contributed by atoms with Crippen molar-refractivity contribution in [1.82, 2.24) is 19.6 Å². The topological polar surface area (TPSA) is 89.4 Å². The third kappa shape index (κ3) is 2.40. The van der Waals surface area contributed by atoms with E-state index < -0.39 is 0 Å². The molecule has 2 N–H and O–H groups in total. The zero-order valence-corrected chi connectivity index (χ0v) is 11.6. The molecule has 20 heavy (non-hydrogen) atoms. The minimum absolute atomic E-state index is 0.139. The van der Waals surface area contributed by atoms with Gasteiger partial charge in [0.05, 0.1) is 6.54 Å². The van der Waals surface area contributed by atoms with E-state index in [0.717, 1.165) is 25.7 Å². The standard InChI is InChI=1S/C12H15ClN6O/c13-9-5-11(19-12(17-9)15-7-16-19)18(6-10(14)20)8-3-1-2-4-8/h5,7-8H,1-4,6H2,(H2,14,20). The fraction of sp³-hybridized carbons (Fsp3) is 0.500. The lowest BCUT2D eigenvalue weighted by molar-refractivity contribution is -0.116. The predicted molar refractivity (Wildman–Crippen MR) is 74.6 cm³/mol. The molecule has 1 saturated carbocycles. The molecule has 2 aromatic heterocycles. The number of primary amides is 1. The Morgan fingerprint density at radius 2 is 2.25 bits per heavy atom. The highest BCUT2D eigenvalue weighted by atomic mass is 35.5. The molecule has 0 aromatic carbocycles. The maximum Gasteiger partial charge on any atom is 0.255 e. The molecule has 1 amide bonds. The van der Waals surface area contributed by atoms with Crippen molar-refractivity contribution >= 4 is 29.1 Å². The van der Waals surface area contributed by atoms with E-state index >= 15 is 0 Å². The van der Waals surface area contributed by atoms with Crippen LogP contribution in [0.5, 0.6) is 0 Å². The number of rotatable bonds is 4. The average Bonchev–Trinajstić information content (AvgIpc) is 3.05. The number of aromatic nitrogens is 4. The molecule has 2 aromatic rings. The molecule has 0 radical (unpaired) electrons. The van der Waals surface area contributed by atoms with Crippen molar-refractivity contribution in [3.63, 3.8) is 0 Å². The SMILES string of the molecule is NC(=O)CN(c1cc(Cl)nc2ncnn12)C1CCCC1. The minimum Gasteiger partial charge on any atom is -0.368 e. The normalized spacial score (nSPS) is 15.8. The molecule has 8 heteroatoms. The summed E-state index contributed by atoms with van der Waals surface area (Å²) in [5.41, 5.74) is 5.38. The van der Waals surface area contributed by atoms with Gasteiger partial charge < -0.3 is 10.6 Å². The van der Waals surface area contributed by atoms with Crippen molar-refractivity contribution < 1.29 is 4.79 Å². The van der Waals surface area contributed by atoms with Gasteiger partial charge in [0.1, 0.15) is 17.3 Å². The van der Waals surface area contributed by atoms with Gasteiger partial charge in [0, 0.05) is 12.1 Å². The van der Waals surface area contributed by atoms with Crippen molar-refractivity contribution in [1.29, 1.82) is 0 Å². The van der Waals surface area contributed by atoms with Crippen molar-refractivity contribution in [3.05, 3.63) is 17.5 Å².